The molecule has 6 N–H and O–H groups in total. The molecule has 0 aliphatic rings. The van der Waals surface area contributed by atoms with E-state index in [0.717, 1.165) is 16.7 Å². The molecular formula is C30H32N2O10. The number of aryl methyl sites for hydroxylation is 2. The first-order valence-electron chi connectivity index (χ1n) is 12.6. The van der Waals surface area contributed by atoms with Gasteiger partial charge in [-0.25, -0.2) is 24.0 Å². The maximum Gasteiger partial charge on any atom is 0.404 e. The van der Waals surface area contributed by atoms with Crippen LogP contribution in [0.25, 0.3) is 0 Å². The summed E-state index contributed by atoms with van der Waals surface area (Å²) in [5.74, 6) is -5.62. The van der Waals surface area contributed by atoms with Gasteiger partial charge in [-0.15, -0.1) is 0 Å². The molecule has 0 aliphatic heterocycles. The van der Waals surface area contributed by atoms with Crippen molar-refractivity contribution in [1.82, 2.24) is 0 Å². The molecule has 0 heterocycles. The summed E-state index contributed by atoms with van der Waals surface area (Å²) in [5, 5.41) is 18.6. The molecule has 222 valence electrons. The zero-order valence-corrected chi connectivity index (χ0v) is 23.0. The van der Waals surface area contributed by atoms with Crippen LogP contribution >= 0.6 is 0 Å². The maximum absolute atomic E-state index is 12.2. The Morgan fingerprint density at radius 1 is 0.690 bits per heavy atom. The van der Waals surface area contributed by atoms with Gasteiger partial charge in [-0.2, -0.15) is 0 Å². The lowest BCUT2D eigenvalue weighted by atomic mass is 10.1. The second-order valence-corrected chi connectivity index (χ2v) is 9.14. The summed E-state index contributed by atoms with van der Waals surface area (Å²) in [4.78, 5) is 57.6. The van der Waals surface area contributed by atoms with Gasteiger partial charge < -0.3 is 35.9 Å². The third-order valence-corrected chi connectivity index (χ3v) is 5.58. The van der Waals surface area contributed by atoms with Crippen LogP contribution in [0.15, 0.2) is 78.9 Å². The Balaban J connectivity index is 0.000000369. The molecule has 3 aromatic carbocycles. The largest absolute Gasteiger partial charge is 0.478 e. The average molecular weight is 581 g/mol. The molecule has 3 aromatic rings. The second-order valence-electron chi connectivity index (χ2n) is 9.14. The summed E-state index contributed by atoms with van der Waals surface area (Å²) in [6.45, 7) is 3.74. The van der Waals surface area contributed by atoms with Crippen LogP contribution in [-0.4, -0.2) is 65.0 Å². The van der Waals surface area contributed by atoms with E-state index in [9.17, 15) is 34.2 Å². The number of benzene rings is 3. The number of carboxylic acids is 2. The topological polar surface area (TPSA) is 206 Å². The molecule has 3 rings (SSSR count). The van der Waals surface area contributed by atoms with Crippen molar-refractivity contribution in [3.8, 4) is 0 Å². The van der Waals surface area contributed by atoms with Gasteiger partial charge in [0.1, 0.15) is 6.61 Å². The van der Waals surface area contributed by atoms with Gasteiger partial charge in [0, 0.05) is 6.04 Å². The van der Waals surface area contributed by atoms with Crippen LogP contribution in [0.1, 0.15) is 37.4 Å². The SMILES string of the molecule is Cc1ccc(C(=O)O[C@H](C(=O)O)[C@H](OC(=O)c2ccc(C)cc2)C(=O)O)cc1.NC(=O)OC[C@H](N)Cc1ccccc1. The highest BCUT2D eigenvalue weighted by Crippen LogP contribution is 2.14. The van der Waals surface area contributed by atoms with Crippen molar-refractivity contribution >= 4 is 30.0 Å². The summed E-state index contributed by atoms with van der Waals surface area (Å²) in [6, 6.07) is 21.6. The molecule has 1 amide bonds. The smallest absolute Gasteiger partial charge is 0.404 e. The maximum atomic E-state index is 12.2. The van der Waals surface area contributed by atoms with Crippen molar-refractivity contribution in [2.45, 2.75) is 38.5 Å². The lowest BCUT2D eigenvalue weighted by Gasteiger charge is -2.21. The van der Waals surface area contributed by atoms with Gasteiger partial charge in [-0.05, 0) is 50.1 Å². The fraction of sp³-hybridized carbons (Fsp3) is 0.233. The monoisotopic (exact) mass is 580 g/mol. The molecular weight excluding hydrogens is 548 g/mol. The summed E-state index contributed by atoms with van der Waals surface area (Å²) < 4.78 is 14.2. The molecule has 0 spiro atoms. The van der Waals surface area contributed by atoms with E-state index in [1.807, 2.05) is 30.3 Å². The van der Waals surface area contributed by atoms with Gasteiger partial charge in [0.25, 0.3) is 0 Å². The van der Waals surface area contributed by atoms with Gasteiger partial charge >= 0.3 is 30.0 Å². The molecule has 0 fully saturated rings. The van der Waals surface area contributed by atoms with Crippen molar-refractivity contribution in [2.75, 3.05) is 6.61 Å². The first-order valence-corrected chi connectivity index (χ1v) is 12.6. The third-order valence-electron chi connectivity index (χ3n) is 5.58. The van der Waals surface area contributed by atoms with Gasteiger partial charge in [0.15, 0.2) is 0 Å². The molecule has 0 saturated carbocycles. The number of primary amides is 1. The summed E-state index contributed by atoms with van der Waals surface area (Å²) >= 11 is 0. The quantitative estimate of drug-likeness (QED) is 0.192. The Kier molecular flexibility index (Phi) is 12.7. The van der Waals surface area contributed by atoms with Crippen LogP contribution in [0.5, 0.6) is 0 Å². The van der Waals surface area contributed by atoms with Crippen molar-refractivity contribution in [1.29, 1.82) is 0 Å². The normalized spacial score (nSPS) is 12.4. The highest BCUT2D eigenvalue weighted by Gasteiger charge is 2.41. The van der Waals surface area contributed by atoms with E-state index in [-0.39, 0.29) is 23.8 Å². The lowest BCUT2D eigenvalue weighted by Crippen LogP contribution is -2.45. The van der Waals surface area contributed by atoms with E-state index < -0.39 is 42.2 Å². The molecule has 12 nitrogen and oxygen atoms in total. The highest BCUT2D eigenvalue weighted by atomic mass is 16.6. The molecule has 0 aliphatic carbocycles. The molecule has 3 atom stereocenters. The molecule has 12 heteroatoms. The minimum absolute atomic E-state index is 0.0332. The summed E-state index contributed by atoms with van der Waals surface area (Å²) in [7, 11) is 0. The Hall–Kier alpha value is -5.23. The van der Waals surface area contributed by atoms with Crippen LogP contribution in [0.2, 0.25) is 0 Å². The van der Waals surface area contributed by atoms with Gasteiger partial charge in [-0.3, -0.25) is 0 Å². The molecule has 0 aromatic heterocycles. The van der Waals surface area contributed by atoms with Crippen molar-refractivity contribution < 1.29 is 48.4 Å². The second kappa shape index (κ2) is 16.1. The number of nitrogens with two attached hydrogens (primary N) is 2. The average Bonchev–Trinajstić information content (AvgIpc) is 2.95. The third kappa shape index (κ3) is 11.1. The zero-order valence-electron chi connectivity index (χ0n) is 23.0. The van der Waals surface area contributed by atoms with E-state index >= 15 is 0 Å². The number of carbonyl (C=O) groups excluding carboxylic acids is 3. The summed E-state index contributed by atoms with van der Waals surface area (Å²) in [5.41, 5.74) is 13.4. The number of esters is 2. The minimum atomic E-state index is -2.22. The summed E-state index contributed by atoms with van der Waals surface area (Å²) in [6.07, 6.45) is -4.55. The number of rotatable bonds is 11. The standard InChI is InChI=1S/C20H18O8.C10H14N2O2/c1-11-3-7-13(8-4-11)19(25)27-15(17(21)22)16(18(23)24)28-20(26)14-9-5-12(2)6-10-14;11-9(7-14-10(12)13)6-8-4-2-1-3-5-8/h3-10,15-16H,1-2H3,(H,21,22)(H,23,24);1-5,9H,6-7,11H2,(H2,12,13)/t15-,16-;9-/m01/s1. The first-order chi connectivity index (χ1) is 19.9. The predicted molar refractivity (Wildman–Crippen MR) is 150 cm³/mol. The fourth-order valence-electron chi connectivity index (χ4n) is 3.39. The van der Waals surface area contributed by atoms with Gasteiger partial charge in [0.05, 0.1) is 11.1 Å². The lowest BCUT2D eigenvalue weighted by molar-refractivity contribution is -0.166. The van der Waals surface area contributed by atoms with Gasteiger partial charge in [0.2, 0.25) is 12.2 Å². The molecule has 42 heavy (non-hydrogen) atoms. The van der Waals surface area contributed by atoms with Gasteiger partial charge in [-0.1, -0.05) is 65.7 Å². The van der Waals surface area contributed by atoms with Crippen LogP contribution in [-0.2, 0) is 30.2 Å². The number of amides is 1. The van der Waals surface area contributed by atoms with Crippen molar-refractivity contribution in [3.05, 3.63) is 107 Å². The van der Waals surface area contributed by atoms with Crippen LogP contribution in [0, 0.1) is 13.8 Å². The van der Waals surface area contributed by atoms with Crippen molar-refractivity contribution in [3.63, 3.8) is 0 Å². The van der Waals surface area contributed by atoms with E-state index in [1.165, 1.54) is 24.3 Å². The molecule has 0 unspecified atom stereocenters. The van der Waals surface area contributed by atoms with Crippen LogP contribution < -0.4 is 11.5 Å². The van der Waals surface area contributed by atoms with E-state index in [1.54, 1.807) is 38.1 Å². The Morgan fingerprint density at radius 2 is 1.10 bits per heavy atom. The highest BCUT2D eigenvalue weighted by molar-refractivity contribution is 5.95. The number of aliphatic carboxylic acids is 2. The predicted octanol–water partition coefficient (Wildman–Crippen LogP) is 2.88. The zero-order chi connectivity index (χ0) is 31.2. The number of hydrogen-bond acceptors (Lipinski definition) is 9. The van der Waals surface area contributed by atoms with E-state index in [4.69, 9.17) is 20.9 Å². The molecule has 0 saturated heterocycles. The molecule has 0 bridgehead atoms. The van der Waals surface area contributed by atoms with Crippen molar-refractivity contribution in [2.24, 2.45) is 11.5 Å². The first kappa shape index (κ1) is 33.0. The fourth-order valence-corrected chi connectivity index (χ4v) is 3.39. The number of carboxylic acid groups (broad SMARTS) is 2. The number of carbonyl (C=O) groups is 5. The number of hydrogen-bond donors (Lipinski definition) is 4. The Bertz CT molecular complexity index is 1280. The van der Waals surface area contributed by atoms with Crippen LogP contribution in [0.4, 0.5) is 4.79 Å². The Morgan fingerprint density at radius 3 is 1.45 bits per heavy atom. The van der Waals surface area contributed by atoms with E-state index in [0.29, 0.717) is 6.42 Å². The van der Waals surface area contributed by atoms with Crippen LogP contribution in [0.3, 0.4) is 0 Å². The Labute approximate surface area is 241 Å². The number of ether oxygens (including phenoxy) is 3. The minimum Gasteiger partial charge on any atom is -0.478 e. The molecule has 0 radical (unpaired) electrons. The van der Waals surface area contributed by atoms with E-state index in [2.05, 4.69) is 4.74 Å².